The Bertz CT molecular complexity index is 600. The summed E-state index contributed by atoms with van der Waals surface area (Å²) >= 11 is 3.19. The smallest absolute Gasteiger partial charge is 0.302 e. The van der Waals surface area contributed by atoms with Crippen molar-refractivity contribution in [2.24, 2.45) is 0 Å². The van der Waals surface area contributed by atoms with E-state index in [2.05, 4.69) is 15.9 Å². The minimum atomic E-state index is -0.451. The molecule has 0 fully saturated rings. The van der Waals surface area contributed by atoms with Gasteiger partial charge in [0.2, 0.25) is 5.91 Å². The molecule has 4 nitrogen and oxygen atoms in total. The maximum atomic E-state index is 13.6. The van der Waals surface area contributed by atoms with Crippen LogP contribution in [-0.4, -0.2) is 23.4 Å². The first kappa shape index (κ1) is 14.7. The van der Waals surface area contributed by atoms with Crippen LogP contribution in [0.15, 0.2) is 22.8 Å². The molecule has 6 heteroatoms. The van der Waals surface area contributed by atoms with Gasteiger partial charge in [-0.05, 0) is 39.2 Å². The number of ether oxygens (including phenoxy) is 1. The molecule has 0 aromatic heterocycles. The summed E-state index contributed by atoms with van der Waals surface area (Å²) in [6.07, 6.45) is 3.23. The number of nitrogens with zero attached hydrogens (tertiary/aromatic N) is 1. The van der Waals surface area contributed by atoms with Crippen LogP contribution in [0.5, 0.6) is 0 Å². The summed E-state index contributed by atoms with van der Waals surface area (Å²) in [6.45, 7) is 2.76. The Morgan fingerprint density at radius 3 is 2.70 bits per heavy atom. The van der Waals surface area contributed by atoms with Crippen molar-refractivity contribution in [2.75, 3.05) is 6.61 Å². The topological polar surface area (TPSA) is 46.6 Å². The third-order valence-corrected chi connectivity index (χ3v) is 3.88. The van der Waals surface area contributed by atoms with E-state index in [9.17, 15) is 14.0 Å². The first-order chi connectivity index (χ1) is 9.41. The molecular weight excluding hydrogens is 329 g/mol. The Morgan fingerprint density at radius 1 is 1.40 bits per heavy atom. The molecule has 2 rings (SSSR count). The average molecular weight is 342 g/mol. The summed E-state index contributed by atoms with van der Waals surface area (Å²) in [5.41, 5.74) is 1.39. The first-order valence-electron chi connectivity index (χ1n) is 6.00. The van der Waals surface area contributed by atoms with Gasteiger partial charge in [0.05, 0.1) is 10.5 Å². The third-order valence-electron chi connectivity index (χ3n) is 3.07. The predicted molar refractivity (Wildman–Crippen MR) is 75.0 cm³/mol. The molecule has 1 aromatic carbocycles. The van der Waals surface area contributed by atoms with Gasteiger partial charge in [-0.3, -0.25) is 9.59 Å². The van der Waals surface area contributed by atoms with E-state index in [1.165, 1.54) is 24.8 Å². The minimum absolute atomic E-state index is 0.0321. The second-order valence-electron chi connectivity index (χ2n) is 4.42. The molecule has 1 atom stereocenters. The number of fused-ring (bicyclic) bond motifs is 1. The van der Waals surface area contributed by atoms with E-state index in [1.807, 2.05) is 0 Å². The van der Waals surface area contributed by atoms with Crippen LogP contribution in [0.2, 0.25) is 0 Å². The van der Waals surface area contributed by atoms with Crippen LogP contribution in [0.1, 0.15) is 31.0 Å². The van der Waals surface area contributed by atoms with E-state index in [-0.39, 0.29) is 18.3 Å². The van der Waals surface area contributed by atoms with E-state index in [0.717, 1.165) is 5.56 Å². The molecular formula is C14H13BrFNO3. The van der Waals surface area contributed by atoms with Gasteiger partial charge in [0.1, 0.15) is 12.4 Å². The molecule has 1 aliphatic heterocycles. The van der Waals surface area contributed by atoms with Crippen molar-refractivity contribution in [3.63, 3.8) is 0 Å². The van der Waals surface area contributed by atoms with E-state index in [1.54, 1.807) is 18.3 Å². The highest BCUT2D eigenvalue weighted by atomic mass is 79.9. The van der Waals surface area contributed by atoms with Gasteiger partial charge in [-0.15, -0.1) is 0 Å². The van der Waals surface area contributed by atoms with Gasteiger partial charge in [0.15, 0.2) is 0 Å². The number of rotatable bonds is 2. The number of benzene rings is 1. The zero-order valence-electron chi connectivity index (χ0n) is 11.0. The molecule has 1 heterocycles. The Balaban J connectivity index is 2.44. The summed E-state index contributed by atoms with van der Waals surface area (Å²) in [6, 6.07) is 2.47. The number of amides is 1. The zero-order chi connectivity index (χ0) is 14.9. The number of esters is 1. The minimum Gasteiger partial charge on any atom is -0.463 e. The van der Waals surface area contributed by atoms with Crippen LogP contribution in [0.3, 0.4) is 0 Å². The lowest BCUT2D eigenvalue weighted by atomic mass is 9.96. The van der Waals surface area contributed by atoms with Crippen LogP contribution >= 0.6 is 15.9 Å². The fourth-order valence-electron chi connectivity index (χ4n) is 2.14. The van der Waals surface area contributed by atoms with E-state index in [4.69, 9.17) is 4.74 Å². The molecule has 0 spiro atoms. The molecule has 0 radical (unpaired) electrons. The Morgan fingerprint density at radius 2 is 2.10 bits per heavy atom. The number of hydrogen-bond acceptors (Lipinski definition) is 3. The van der Waals surface area contributed by atoms with Crippen molar-refractivity contribution in [3.8, 4) is 0 Å². The molecule has 1 aromatic rings. The van der Waals surface area contributed by atoms with Gasteiger partial charge in [0, 0.05) is 20.0 Å². The lowest BCUT2D eigenvalue weighted by Gasteiger charge is -2.32. The highest BCUT2D eigenvalue weighted by molar-refractivity contribution is 9.10. The normalized spacial score (nSPS) is 16.8. The molecule has 0 bridgehead atoms. The molecule has 1 amide bonds. The van der Waals surface area contributed by atoms with Crippen LogP contribution in [0.4, 0.5) is 4.39 Å². The Labute approximate surface area is 124 Å². The van der Waals surface area contributed by atoms with Crippen molar-refractivity contribution in [3.05, 3.63) is 39.7 Å². The molecule has 0 N–H and O–H groups in total. The molecule has 1 aliphatic rings. The maximum Gasteiger partial charge on any atom is 0.302 e. The average Bonchev–Trinajstić information content (AvgIpc) is 2.39. The molecule has 0 saturated heterocycles. The van der Waals surface area contributed by atoms with Crippen LogP contribution in [0, 0.1) is 5.82 Å². The van der Waals surface area contributed by atoms with Gasteiger partial charge >= 0.3 is 5.97 Å². The van der Waals surface area contributed by atoms with Crippen molar-refractivity contribution >= 4 is 33.9 Å². The second kappa shape index (κ2) is 5.75. The van der Waals surface area contributed by atoms with Gasteiger partial charge < -0.3 is 9.64 Å². The van der Waals surface area contributed by atoms with Crippen LogP contribution < -0.4 is 0 Å². The Hall–Kier alpha value is -1.69. The summed E-state index contributed by atoms with van der Waals surface area (Å²) in [7, 11) is 0. The van der Waals surface area contributed by atoms with E-state index < -0.39 is 12.0 Å². The fraction of sp³-hybridized carbons (Fsp3) is 0.286. The van der Waals surface area contributed by atoms with Crippen molar-refractivity contribution in [2.45, 2.75) is 19.9 Å². The van der Waals surface area contributed by atoms with Gasteiger partial charge in [-0.2, -0.15) is 0 Å². The van der Waals surface area contributed by atoms with Crippen molar-refractivity contribution in [1.29, 1.82) is 0 Å². The number of hydrogen-bond donors (Lipinski definition) is 0. The largest absolute Gasteiger partial charge is 0.463 e. The highest BCUT2D eigenvalue weighted by Gasteiger charge is 2.28. The van der Waals surface area contributed by atoms with Gasteiger partial charge in [-0.1, -0.05) is 6.07 Å². The van der Waals surface area contributed by atoms with Crippen molar-refractivity contribution in [1.82, 2.24) is 4.90 Å². The molecule has 0 saturated carbocycles. The second-order valence-corrected chi connectivity index (χ2v) is 5.22. The van der Waals surface area contributed by atoms with Crippen LogP contribution in [0.25, 0.3) is 6.08 Å². The lowest BCUT2D eigenvalue weighted by Crippen LogP contribution is -2.34. The predicted octanol–water partition coefficient (Wildman–Crippen LogP) is 3.03. The zero-order valence-corrected chi connectivity index (χ0v) is 12.6. The van der Waals surface area contributed by atoms with Crippen molar-refractivity contribution < 1.29 is 18.7 Å². The number of halogens is 2. The molecule has 1 unspecified atom stereocenters. The van der Waals surface area contributed by atoms with E-state index >= 15 is 0 Å². The van der Waals surface area contributed by atoms with Gasteiger partial charge in [0.25, 0.3) is 0 Å². The third kappa shape index (κ3) is 2.75. The number of carbonyl (C=O) groups excluding carboxylic acids is 2. The fourth-order valence-corrected chi connectivity index (χ4v) is 2.63. The molecule has 106 valence electrons. The quantitative estimate of drug-likeness (QED) is 0.777. The molecule has 0 aliphatic carbocycles. The summed E-state index contributed by atoms with van der Waals surface area (Å²) in [4.78, 5) is 24.1. The summed E-state index contributed by atoms with van der Waals surface area (Å²) < 4.78 is 18.9. The van der Waals surface area contributed by atoms with Gasteiger partial charge in [-0.25, -0.2) is 4.39 Å². The SMILES string of the molecule is CC(=O)OCC1c2ccc(F)c(Br)c2C=CN1C(C)=O. The number of carbonyl (C=O) groups is 2. The highest BCUT2D eigenvalue weighted by Crippen LogP contribution is 2.36. The van der Waals surface area contributed by atoms with E-state index in [0.29, 0.717) is 10.0 Å². The maximum absolute atomic E-state index is 13.6. The summed E-state index contributed by atoms with van der Waals surface area (Å²) in [5.74, 6) is -0.980. The van der Waals surface area contributed by atoms with Crippen LogP contribution in [-0.2, 0) is 14.3 Å². The first-order valence-corrected chi connectivity index (χ1v) is 6.79. The summed E-state index contributed by atoms with van der Waals surface area (Å²) in [5, 5.41) is 0. The monoisotopic (exact) mass is 341 g/mol. The standard InChI is InChI=1S/C14H13BrFNO3/c1-8(18)17-6-5-11-10(3-4-12(16)14(11)15)13(17)7-20-9(2)19/h3-6,13H,7H2,1-2H3. The molecule has 20 heavy (non-hydrogen) atoms. The Kier molecular flexibility index (Phi) is 4.23. The lowest BCUT2D eigenvalue weighted by molar-refractivity contribution is -0.144.